The van der Waals surface area contributed by atoms with Gasteiger partial charge < -0.3 is 10.1 Å². The molecular weight excluding hydrogens is 314 g/mol. The van der Waals surface area contributed by atoms with E-state index in [1.54, 1.807) is 7.11 Å². The molecule has 2 aromatic carbocycles. The second-order valence-electron chi connectivity index (χ2n) is 5.10. The molecule has 0 aliphatic rings. The van der Waals surface area contributed by atoms with Gasteiger partial charge in [0.2, 0.25) is 0 Å². The fraction of sp³-hybridized carbons (Fsp3) is 0.294. The number of hydrogen-bond acceptors (Lipinski definition) is 1. The molecule has 0 fully saturated rings. The van der Waals surface area contributed by atoms with Crippen LogP contribution in [-0.4, -0.2) is 13.2 Å². The number of nitrogens with two attached hydrogens (primary N) is 1. The maximum atomic E-state index is 5.18. The lowest BCUT2D eigenvalue weighted by molar-refractivity contribution is -0.701. The summed E-state index contributed by atoms with van der Waals surface area (Å²) >= 11 is 3.46. The molecule has 2 aromatic rings. The quantitative estimate of drug-likeness (QED) is 0.862. The molecule has 0 saturated carbocycles. The van der Waals surface area contributed by atoms with Crippen LogP contribution in [0.3, 0.4) is 0 Å². The Labute approximate surface area is 129 Å². The fourth-order valence-electron chi connectivity index (χ4n) is 2.17. The Morgan fingerprint density at radius 1 is 1.00 bits per heavy atom. The molecule has 0 radical (unpaired) electrons. The lowest BCUT2D eigenvalue weighted by atomic mass is 10.1. The third-order valence-corrected chi connectivity index (χ3v) is 3.91. The predicted molar refractivity (Wildman–Crippen MR) is 85.9 cm³/mol. The summed E-state index contributed by atoms with van der Waals surface area (Å²) in [6, 6.07) is 17.4. The summed E-state index contributed by atoms with van der Waals surface area (Å²) in [6.45, 7) is 3.29. The van der Waals surface area contributed by atoms with Crippen molar-refractivity contribution >= 4 is 15.9 Å². The van der Waals surface area contributed by atoms with E-state index in [2.05, 4.69) is 64.6 Å². The van der Waals surface area contributed by atoms with Crippen molar-refractivity contribution in [3.63, 3.8) is 0 Å². The highest BCUT2D eigenvalue weighted by molar-refractivity contribution is 9.10. The van der Waals surface area contributed by atoms with Gasteiger partial charge in [-0.3, -0.25) is 0 Å². The maximum Gasteiger partial charge on any atom is 0.118 e. The number of hydrogen-bond donors (Lipinski definition) is 1. The Hall–Kier alpha value is -1.32. The van der Waals surface area contributed by atoms with E-state index in [4.69, 9.17) is 4.74 Å². The van der Waals surface area contributed by atoms with Gasteiger partial charge in [0.25, 0.3) is 0 Å². The normalized spacial score (nSPS) is 12.2. The largest absolute Gasteiger partial charge is 0.497 e. The summed E-state index contributed by atoms with van der Waals surface area (Å²) in [7, 11) is 1.70. The number of ether oxygens (including phenoxy) is 1. The van der Waals surface area contributed by atoms with Crippen LogP contribution in [0.25, 0.3) is 0 Å². The molecule has 0 aromatic heterocycles. The zero-order chi connectivity index (χ0) is 14.4. The molecule has 1 atom stereocenters. The summed E-state index contributed by atoms with van der Waals surface area (Å²) in [5, 5.41) is 2.38. The first-order valence-electron chi connectivity index (χ1n) is 6.88. The van der Waals surface area contributed by atoms with Gasteiger partial charge in [0.05, 0.1) is 13.2 Å². The van der Waals surface area contributed by atoms with Crippen molar-refractivity contribution in [1.82, 2.24) is 0 Å². The van der Waals surface area contributed by atoms with Gasteiger partial charge in [0.15, 0.2) is 0 Å². The van der Waals surface area contributed by atoms with Crippen LogP contribution in [-0.2, 0) is 13.0 Å². The first kappa shape index (κ1) is 15.1. The van der Waals surface area contributed by atoms with Crippen molar-refractivity contribution < 1.29 is 10.1 Å². The maximum absolute atomic E-state index is 5.18. The SMILES string of the molecule is COc1ccc(C[C@@H](C)[NH2+]Cc2ccc(Br)cc2)cc1. The van der Waals surface area contributed by atoms with Gasteiger partial charge in [-0.15, -0.1) is 0 Å². The number of methoxy groups -OCH3 is 1. The first-order chi connectivity index (χ1) is 9.67. The summed E-state index contributed by atoms with van der Waals surface area (Å²) < 4.78 is 6.31. The smallest absolute Gasteiger partial charge is 0.118 e. The second kappa shape index (κ2) is 7.46. The molecular formula is C17H21BrNO+. The minimum atomic E-state index is 0.562. The van der Waals surface area contributed by atoms with Crippen LogP contribution in [0.4, 0.5) is 0 Å². The summed E-state index contributed by atoms with van der Waals surface area (Å²) in [5.41, 5.74) is 2.71. The number of rotatable bonds is 6. The van der Waals surface area contributed by atoms with Crippen molar-refractivity contribution in [3.05, 3.63) is 64.1 Å². The van der Waals surface area contributed by atoms with E-state index < -0.39 is 0 Å². The van der Waals surface area contributed by atoms with E-state index >= 15 is 0 Å². The third-order valence-electron chi connectivity index (χ3n) is 3.39. The summed E-state index contributed by atoms with van der Waals surface area (Å²) in [5.74, 6) is 0.917. The van der Waals surface area contributed by atoms with Gasteiger partial charge >= 0.3 is 0 Å². The zero-order valence-electron chi connectivity index (χ0n) is 12.0. The average Bonchev–Trinajstić information content (AvgIpc) is 2.47. The molecule has 0 bridgehead atoms. The van der Waals surface area contributed by atoms with Crippen LogP contribution in [0.5, 0.6) is 5.75 Å². The number of quaternary nitrogens is 1. The molecule has 0 aliphatic heterocycles. The van der Waals surface area contributed by atoms with Crippen LogP contribution in [0.15, 0.2) is 53.0 Å². The van der Waals surface area contributed by atoms with E-state index in [1.165, 1.54) is 11.1 Å². The Kier molecular flexibility index (Phi) is 5.62. The molecule has 2 N–H and O–H groups in total. The first-order valence-corrected chi connectivity index (χ1v) is 7.67. The Bertz CT molecular complexity index is 522. The Morgan fingerprint density at radius 2 is 1.60 bits per heavy atom. The van der Waals surface area contributed by atoms with Gasteiger partial charge in [-0.1, -0.05) is 40.2 Å². The number of halogens is 1. The molecule has 0 heterocycles. The monoisotopic (exact) mass is 334 g/mol. The van der Waals surface area contributed by atoms with Crippen molar-refractivity contribution in [3.8, 4) is 5.75 Å². The highest BCUT2D eigenvalue weighted by Gasteiger charge is 2.07. The highest BCUT2D eigenvalue weighted by atomic mass is 79.9. The molecule has 2 nitrogen and oxygen atoms in total. The van der Waals surface area contributed by atoms with Crippen LogP contribution in [0.2, 0.25) is 0 Å². The lowest BCUT2D eigenvalue weighted by Gasteiger charge is -2.11. The zero-order valence-corrected chi connectivity index (χ0v) is 13.6. The van der Waals surface area contributed by atoms with Crippen LogP contribution < -0.4 is 10.1 Å². The van der Waals surface area contributed by atoms with Crippen molar-refractivity contribution in [2.75, 3.05) is 7.11 Å². The molecule has 3 heteroatoms. The second-order valence-corrected chi connectivity index (χ2v) is 6.01. The predicted octanol–water partition coefficient (Wildman–Crippen LogP) is 3.15. The van der Waals surface area contributed by atoms with Gasteiger partial charge in [-0.05, 0) is 36.8 Å². The van der Waals surface area contributed by atoms with Crippen molar-refractivity contribution in [2.24, 2.45) is 0 Å². The molecule has 2 rings (SSSR count). The highest BCUT2D eigenvalue weighted by Crippen LogP contribution is 2.12. The number of benzene rings is 2. The van der Waals surface area contributed by atoms with Crippen molar-refractivity contribution in [1.29, 1.82) is 0 Å². The molecule has 0 saturated heterocycles. The summed E-state index contributed by atoms with van der Waals surface area (Å²) in [6.07, 6.45) is 1.07. The Balaban J connectivity index is 1.82. The Morgan fingerprint density at radius 3 is 2.20 bits per heavy atom. The molecule has 106 valence electrons. The van der Waals surface area contributed by atoms with Crippen LogP contribution in [0.1, 0.15) is 18.1 Å². The van der Waals surface area contributed by atoms with Gasteiger partial charge in [0.1, 0.15) is 12.3 Å². The van der Waals surface area contributed by atoms with E-state index in [0.29, 0.717) is 6.04 Å². The van der Waals surface area contributed by atoms with E-state index in [0.717, 1.165) is 23.2 Å². The third kappa shape index (κ3) is 4.66. The van der Waals surface area contributed by atoms with E-state index in [-0.39, 0.29) is 0 Å². The summed E-state index contributed by atoms with van der Waals surface area (Å²) in [4.78, 5) is 0. The lowest BCUT2D eigenvalue weighted by Crippen LogP contribution is -2.88. The van der Waals surface area contributed by atoms with Gasteiger partial charge in [-0.25, -0.2) is 0 Å². The minimum absolute atomic E-state index is 0.562. The average molecular weight is 335 g/mol. The topological polar surface area (TPSA) is 25.8 Å². The molecule has 0 spiro atoms. The molecule has 0 amide bonds. The van der Waals surface area contributed by atoms with Crippen LogP contribution in [0, 0.1) is 0 Å². The standard InChI is InChI=1S/C17H20BrNO/c1-13(11-14-5-9-17(20-2)10-6-14)19-12-15-3-7-16(18)8-4-15/h3-10,13,19H,11-12H2,1-2H3/p+1/t13-/m1/s1. The molecule has 0 unspecified atom stereocenters. The van der Waals surface area contributed by atoms with E-state index in [9.17, 15) is 0 Å². The molecule has 0 aliphatic carbocycles. The molecule has 20 heavy (non-hydrogen) atoms. The van der Waals surface area contributed by atoms with Gasteiger partial charge in [-0.2, -0.15) is 0 Å². The van der Waals surface area contributed by atoms with E-state index in [1.807, 2.05) is 12.1 Å². The van der Waals surface area contributed by atoms with Crippen LogP contribution >= 0.6 is 15.9 Å². The van der Waals surface area contributed by atoms with Gasteiger partial charge in [0, 0.05) is 16.5 Å². The fourth-order valence-corrected chi connectivity index (χ4v) is 2.44. The minimum Gasteiger partial charge on any atom is -0.497 e. The van der Waals surface area contributed by atoms with Crippen molar-refractivity contribution in [2.45, 2.75) is 25.9 Å².